The van der Waals surface area contributed by atoms with Crippen molar-refractivity contribution in [2.75, 3.05) is 18.2 Å². The lowest BCUT2D eigenvalue weighted by molar-refractivity contribution is -0.113. The number of hydrogen-bond donors (Lipinski definition) is 1. The summed E-state index contributed by atoms with van der Waals surface area (Å²) in [6.45, 7) is 2.13. The molecule has 2 aromatic rings. The number of benzene rings is 1. The number of hydrogen-bond acceptors (Lipinski definition) is 6. The van der Waals surface area contributed by atoms with Crippen LogP contribution in [-0.4, -0.2) is 39.5 Å². The van der Waals surface area contributed by atoms with Crippen LogP contribution in [0.5, 0.6) is 0 Å². The number of ether oxygens (including phenoxy) is 1. The molecule has 0 atom stereocenters. The van der Waals surface area contributed by atoms with Gasteiger partial charge in [0.15, 0.2) is 5.16 Å². The van der Waals surface area contributed by atoms with Gasteiger partial charge in [-0.2, -0.15) is 0 Å². The van der Waals surface area contributed by atoms with Crippen LogP contribution in [0.25, 0.3) is 0 Å². The topological polar surface area (TPSA) is 86.1 Å². The summed E-state index contributed by atoms with van der Waals surface area (Å²) in [5.74, 6) is 0.616. The molecule has 7 nitrogen and oxygen atoms in total. The van der Waals surface area contributed by atoms with E-state index in [4.69, 9.17) is 0 Å². The van der Waals surface area contributed by atoms with Gasteiger partial charge in [-0.3, -0.25) is 4.79 Å². The summed E-state index contributed by atoms with van der Waals surface area (Å²) in [4.78, 5) is 23.4. The summed E-state index contributed by atoms with van der Waals surface area (Å²) < 4.78 is 6.57. The lowest BCUT2D eigenvalue weighted by Crippen LogP contribution is -2.14. The number of carbonyl (C=O) groups excluding carboxylic acids is 2. The highest BCUT2D eigenvalue weighted by Gasteiger charge is 2.12. The predicted molar refractivity (Wildman–Crippen MR) is 96.8 cm³/mol. The van der Waals surface area contributed by atoms with Gasteiger partial charge in [0.05, 0.1) is 18.4 Å². The van der Waals surface area contributed by atoms with Crippen molar-refractivity contribution in [1.29, 1.82) is 0 Å². The Morgan fingerprint density at radius 2 is 1.96 bits per heavy atom. The summed E-state index contributed by atoms with van der Waals surface area (Å²) >= 11 is 1.34. The Kier molecular flexibility index (Phi) is 7.00. The largest absolute Gasteiger partial charge is 0.465 e. The second-order valence-electron chi connectivity index (χ2n) is 5.47. The van der Waals surface area contributed by atoms with Crippen LogP contribution in [0.4, 0.5) is 5.69 Å². The summed E-state index contributed by atoms with van der Waals surface area (Å²) in [6, 6.07) is 6.55. The Morgan fingerprint density at radius 1 is 1.24 bits per heavy atom. The molecule has 25 heavy (non-hydrogen) atoms. The van der Waals surface area contributed by atoms with Gasteiger partial charge in [-0.1, -0.05) is 25.1 Å². The number of anilines is 1. The molecule has 0 aliphatic carbocycles. The first-order chi connectivity index (χ1) is 12.0. The van der Waals surface area contributed by atoms with Crippen LogP contribution in [0, 0.1) is 0 Å². The highest BCUT2D eigenvalue weighted by atomic mass is 32.2. The number of nitrogens with one attached hydrogen (secondary N) is 1. The molecule has 0 bridgehead atoms. The van der Waals surface area contributed by atoms with E-state index in [9.17, 15) is 9.59 Å². The molecule has 0 fully saturated rings. The second kappa shape index (κ2) is 9.22. The van der Waals surface area contributed by atoms with Crippen molar-refractivity contribution in [3.8, 4) is 0 Å². The predicted octanol–water partition coefficient (Wildman–Crippen LogP) is 2.68. The van der Waals surface area contributed by atoms with E-state index in [0.29, 0.717) is 11.3 Å². The SMILES string of the molecule is CCCCc1nnc(SCC(=O)Nc2ccc(C(=O)OC)cc2)n1C. The highest BCUT2D eigenvalue weighted by molar-refractivity contribution is 7.99. The number of thioether (sulfide) groups is 1. The molecule has 1 aromatic carbocycles. The normalized spacial score (nSPS) is 10.5. The van der Waals surface area contributed by atoms with Crippen LogP contribution in [0.3, 0.4) is 0 Å². The molecule has 0 saturated heterocycles. The first kappa shape index (κ1) is 19.0. The molecule has 2 rings (SSSR count). The van der Waals surface area contributed by atoms with Gasteiger partial charge in [-0.05, 0) is 30.7 Å². The molecule has 0 aliphatic rings. The van der Waals surface area contributed by atoms with E-state index in [2.05, 4.69) is 27.2 Å². The fourth-order valence-electron chi connectivity index (χ4n) is 2.16. The van der Waals surface area contributed by atoms with E-state index in [1.54, 1.807) is 24.3 Å². The van der Waals surface area contributed by atoms with Crippen LogP contribution in [0.15, 0.2) is 29.4 Å². The minimum atomic E-state index is -0.408. The number of esters is 1. The van der Waals surface area contributed by atoms with E-state index in [0.717, 1.165) is 30.2 Å². The van der Waals surface area contributed by atoms with Crippen LogP contribution in [-0.2, 0) is 23.0 Å². The van der Waals surface area contributed by atoms with Crippen molar-refractivity contribution in [2.45, 2.75) is 31.3 Å². The Balaban J connectivity index is 1.86. The maximum absolute atomic E-state index is 12.1. The Labute approximate surface area is 151 Å². The van der Waals surface area contributed by atoms with Crippen molar-refractivity contribution in [3.63, 3.8) is 0 Å². The zero-order valence-corrected chi connectivity index (χ0v) is 15.4. The zero-order valence-electron chi connectivity index (χ0n) is 14.6. The highest BCUT2D eigenvalue weighted by Crippen LogP contribution is 2.17. The first-order valence-corrected chi connectivity index (χ1v) is 9.03. The molecule has 1 heterocycles. The van der Waals surface area contributed by atoms with Crippen LogP contribution in [0.2, 0.25) is 0 Å². The molecule has 0 aliphatic heterocycles. The Hall–Kier alpha value is -2.35. The third kappa shape index (κ3) is 5.32. The molecule has 0 unspecified atom stereocenters. The van der Waals surface area contributed by atoms with Gasteiger partial charge in [0, 0.05) is 19.2 Å². The van der Waals surface area contributed by atoms with Crippen LogP contribution in [0.1, 0.15) is 35.9 Å². The molecular formula is C17H22N4O3S. The second-order valence-corrected chi connectivity index (χ2v) is 6.41. The van der Waals surface area contributed by atoms with Gasteiger partial charge in [-0.15, -0.1) is 10.2 Å². The average Bonchev–Trinajstić information content (AvgIpc) is 2.98. The first-order valence-electron chi connectivity index (χ1n) is 8.04. The van der Waals surface area contributed by atoms with Gasteiger partial charge in [0.25, 0.3) is 0 Å². The fraction of sp³-hybridized carbons (Fsp3) is 0.412. The monoisotopic (exact) mass is 362 g/mol. The van der Waals surface area contributed by atoms with Crippen molar-refractivity contribution in [3.05, 3.63) is 35.7 Å². The number of amides is 1. The summed E-state index contributed by atoms with van der Waals surface area (Å²) in [5, 5.41) is 11.8. The molecule has 0 spiro atoms. The minimum absolute atomic E-state index is 0.145. The number of aromatic nitrogens is 3. The van der Waals surface area contributed by atoms with E-state index in [-0.39, 0.29) is 11.7 Å². The third-order valence-corrected chi connectivity index (χ3v) is 4.62. The zero-order chi connectivity index (χ0) is 18.2. The van der Waals surface area contributed by atoms with Crippen molar-refractivity contribution in [1.82, 2.24) is 14.8 Å². The number of aryl methyl sites for hydroxylation is 1. The molecule has 1 N–H and O–H groups in total. The standard InChI is InChI=1S/C17H22N4O3S/c1-4-5-6-14-19-20-17(21(14)2)25-11-15(22)18-13-9-7-12(8-10-13)16(23)24-3/h7-10H,4-6,11H2,1-3H3,(H,18,22). The molecule has 134 valence electrons. The number of methoxy groups -OCH3 is 1. The van der Waals surface area contributed by atoms with E-state index in [1.165, 1.54) is 18.9 Å². The summed E-state index contributed by atoms with van der Waals surface area (Å²) in [7, 11) is 3.24. The summed E-state index contributed by atoms with van der Waals surface area (Å²) in [5.41, 5.74) is 1.06. The van der Waals surface area contributed by atoms with Crippen molar-refractivity contribution < 1.29 is 14.3 Å². The van der Waals surface area contributed by atoms with Gasteiger partial charge in [0.1, 0.15) is 5.82 Å². The Morgan fingerprint density at radius 3 is 2.60 bits per heavy atom. The van der Waals surface area contributed by atoms with Gasteiger partial charge in [-0.25, -0.2) is 4.79 Å². The smallest absolute Gasteiger partial charge is 0.337 e. The lowest BCUT2D eigenvalue weighted by Gasteiger charge is -2.06. The fourth-order valence-corrected chi connectivity index (χ4v) is 2.89. The molecule has 1 amide bonds. The van der Waals surface area contributed by atoms with Crippen molar-refractivity contribution in [2.24, 2.45) is 7.05 Å². The van der Waals surface area contributed by atoms with E-state index >= 15 is 0 Å². The number of nitrogens with zero attached hydrogens (tertiary/aromatic N) is 3. The minimum Gasteiger partial charge on any atom is -0.465 e. The number of rotatable bonds is 8. The molecule has 0 radical (unpaired) electrons. The van der Waals surface area contributed by atoms with E-state index < -0.39 is 5.97 Å². The third-order valence-electron chi connectivity index (χ3n) is 3.60. The summed E-state index contributed by atoms with van der Waals surface area (Å²) in [6.07, 6.45) is 3.06. The lowest BCUT2D eigenvalue weighted by atomic mass is 10.2. The van der Waals surface area contributed by atoms with Gasteiger partial charge in [0.2, 0.25) is 5.91 Å². The molecule has 8 heteroatoms. The number of unbranched alkanes of at least 4 members (excludes halogenated alkanes) is 1. The average molecular weight is 362 g/mol. The molecule has 1 aromatic heterocycles. The molecule has 0 saturated carbocycles. The Bertz CT molecular complexity index is 728. The van der Waals surface area contributed by atoms with Gasteiger partial charge < -0.3 is 14.6 Å². The van der Waals surface area contributed by atoms with Crippen LogP contribution < -0.4 is 5.32 Å². The van der Waals surface area contributed by atoms with Gasteiger partial charge >= 0.3 is 5.97 Å². The quantitative estimate of drug-likeness (QED) is 0.574. The van der Waals surface area contributed by atoms with Crippen molar-refractivity contribution >= 4 is 29.3 Å². The molecular weight excluding hydrogens is 340 g/mol. The maximum atomic E-state index is 12.1. The van der Waals surface area contributed by atoms with E-state index in [1.807, 2.05) is 11.6 Å². The van der Waals surface area contributed by atoms with Crippen LogP contribution >= 0.6 is 11.8 Å². The maximum Gasteiger partial charge on any atom is 0.337 e. The number of carbonyl (C=O) groups is 2.